The molecule has 0 rings (SSSR count). The van der Waals surface area contributed by atoms with Gasteiger partial charge in [-0.3, -0.25) is 0 Å². The highest BCUT2D eigenvalue weighted by Gasteiger charge is 2.19. The lowest BCUT2D eigenvalue weighted by Crippen LogP contribution is -2.32. The van der Waals surface area contributed by atoms with E-state index in [0.717, 1.165) is 0 Å². The molecule has 0 aliphatic rings. The smallest absolute Gasteiger partial charge is 0.210 e. The molecular weight excluding hydrogens is 164 g/mol. The van der Waals surface area contributed by atoms with Crippen LogP contribution in [0.2, 0.25) is 13.1 Å². The Hall–Kier alpha value is 0.207. The van der Waals surface area contributed by atoms with Crippen LogP contribution >= 0.6 is 11.6 Å². The first-order valence-corrected chi connectivity index (χ1v) is 6.91. The van der Waals surface area contributed by atoms with Gasteiger partial charge < -0.3 is 4.43 Å². The lowest BCUT2D eigenvalue weighted by Gasteiger charge is -2.22. The van der Waals surface area contributed by atoms with Gasteiger partial charge in [0.2, 0.25) is 8.32 Å². The maximum Gasteiger partial charge on any atom is 0.210 e. The lowest BCUT2D eigenvalue weighted by atomic mass is 10.5. The van der Waals surface area contributed by atoms with Crippen molar-refractivity contribution >= 4 is 19.9 Å². The summed E-state index contributed by atoms with van der Waals surface area (Å²) in [7, 11) is -1.58. The van der Waals surface area contributed by atoms with E-state index in [4.69, 9.17) is 16.0 Å². The average Bonchev–Trinajstić information content (AvgIpc) is 1.87. The monoisotopic (exact) mass is 178 g/mol. The van der Waals surface area contributed by atoms with Gasteiger partial charge in [0.15, 0.2) is 0 Å². The third-order valence-electron chi connectivity index (χ3n) is 1.21. The standard InChI is InChI=1S/C7H15ClOSi/c1-5-10(3,4)9-7(2)6-8/h5,7H,1,6H2,2-4H3. The SMILES string of the molecule is C=C[Si](C)(C)OC(C)CCl. The van der Waals surface area contributed by atoms with E-state index in [2.05, 4.69) is 19.7 Å². The molecule has 0 aliphatic heterocycles. The molecule has 0 saturated heterocycles. The first-order valence-electron chi connectivity index (χ1n) is 3.39. The van der Waals surface area contributed by atoms with Crippen LogP contribution in [0.1, 0.15) is 6.92 Å². The van der Waals surface area contributed by atoms with Crippen LogP contribution in [0.5, 0.6) is 0 Å². The van der Waals surface area contributed by atoms with Crippen LogP contribution in [-0.2, 0) is 4.43 Å². The summed E-state index contributed by atoms with van der Waals surface area (Å²) < 4.78 is 5.62. The molecule has 0 aromatic rings. The second-order valence-electron chi connectivity index (χ2n) is 2.89. The zero-order chi connectivity index (χ0) is 8.20. The van der Waals surface area contributed by atoms with Crippen molar-refractivity contribution in [3.05, 3.63) is 12.3 Å². The van der Waals surface area contributed by atoms with Crippen LogP contribution in [-0.4, -0.2) is 20.3 Å². The van der Waals surface area contributed by atoms with E-state index < -0.39 is 8.32 Å². The van der Waals surface area contributed by atoms with Crippen LogP contribution in [0, 0.1) is 0 Å². The molecule has 0 spiro atoms. The summed E-state index contributed by atoms with van der Waals surface area (Å²) in [4.78, 5) is 0. The van der Waals surface area contributed by atoms with Crippen LogP contribution in [0.15, 0.2) is 12.3 Å². The van der Waals surface area contributed by atoms with Crippen molar-refractivity contribution in [2.24, 2.45) is 0 Å². The zero-order valence-electron chi connectivity index (χ0n) is 6.86. The van der Waals surface area contributed by atoms with Crippen molar-refractivity contribution in [3.63, 3.8) is 0 Å². The van der Waals surface area contributed by atoms with Crippen molar-refractivity contribution in [3.8, 4) is 0 Å². The van der Waals surface area contributed by atoms with E-state index in [0.29, 0.717) is 5.88 Å². The fraction of sp³-hybridized carbons (Fsp3) is 0.714. The molecule has 0 heterocycles. The molecule has 1 atom stereocenters. The van der Waals surface area contributed by atoms with Crippen LogP contribution in [0.4, 0.5) is 0 Å². The second-order valence-corrected chi connectivity index (χ2v) is 7.05. The normalized spacial score (nSPS) is 14.8. The maximum absolute atomic E-state index is 5.62. The quantitative estimate of drug-likeness (QED) is 0.475. The second kappa shape index (κ2) is 4.16. The Morgan fingerprint density at radius 2 is 2.20 bits per heavy atom. The van der Waals surface area contributed by atoms with Gasteiger partial charge >= 0.3 is 0 Å². The van der Waals surface area contributed by atoms with Crippen LogP contribution < -0.4 is 0 Å². The molecule has 0 radical (unpaired) electrons. The summed E-state index contributed by atoms with van der Waals surface area (Å²) in [6.07, 6.45) is 0.154. The van der Waals surface area contributed by atoms with E-state index in [1.54, 1.807) is 0 Å². The molecule has 0 bridgehead atoms. The van der Waals surface area contributed by atoms with Gasteiger partial charge in [0.25, 0.3) is 0 Å². The summed E-state index contributed by atoms with van der Waals surface area (Å²) >= 11 is 5.58. The van der Waals surface area contributed by atoms with E-state index in [1.807, 2.05) is 12.6 Å². The Kier molecular flexibility index (Phi) is 4.25. The van der Waals surface area contributed by atoms with Crippen molar-refractivity contribution in [2.45, 2.75) is 26.1 Å². The highest BCUT2D eigenvalue weighted by atomic mass is 35.5. The largest absolute Gasteiger partial charge is 0.410 e. The first-order chi connectivity index (χ1) is 4.52. The minimum absolute atomic E-state index is 0.154. The first kappa shape index (κ1) is 10.2. The highest BCUT2D eigenvalue weighted by Crippen LogP contribution is 2.09. The lowest BCUT2D eigenvalue weighted by molar-refractivity contribution is 0.241. The number of hydrogen-bond donors (Lipinski definition) is 0. The van der Waals surface area contributed by atoms with Gasteiger partial charge in [-0.1, -0.05) is 5.70 Å². The van der Waals surface area contributed by atoms with E-state index in [-0.39, 0.29) is 6.10 Å². The third kappa shape index (κ3) is 4.09. The number of hydrogen-bond acceptors (Lipinski definition) is 1. The van der Waals surface area contributed by atoms with Crippen molar-refractivity contribution in [2.75, 3.05) is 5.88 Å². The van der Waals surface area contributed by atoms with Gasteiger partial charge in [0.1, 0.15) is 0 Å². The average molecular weight is 179 g/mol. The Morgan fingerprint density at radius 1 is 1.70 bits per heavy atom. The molecule has 1 nitrogen and oxygen atoms in total. The Morgan fingerprint density at radius 3 is 2.50 bits per heavy atom. The topological polar surface area (TPSA) is 9.23 Å². The molecule has 0 saturated carbocycles. The Bertz CT molecular complexity index is 114. The minimum Gasteiger partial charge on any atom is -0.410 e. The maximum atomic E-state index is 5.62. The summed E-state index contributed by atoms with van der Waals surface area (Å²) in [5.74, 6) is 0.560. The van der Waals surface area contributed by atoms with Crippen LogP contribution in [0.3, 0.4) is 0 Å². The number of rotatable bonds is 4. The number of halogens is 1. The molecule has 0 N–H and O–H groups in total. The van der Waals surface area contributed by atoms with E-state index in [1.165, 1.54) is 0 Å². The van der Waals surface area contributed by atoms with Gasteiger partial charge in [0.05, 0.1) is 6.10 Å². The van der Waals surface area contributed by atoms with Crippen molar-refractivity contribution in [1.29, 1.82) is 0 Å². The molecule has 0 aromatic carbocycles. The molecule has 0 amide bonds. The molecule has 10 heavy (non-hydrogen) atoms. The number of alkyl halides is 1. The third-order valence-corrected chi connectivity index (χ3v) is 3.64. The van der Waals surface area contributed by atoms with E-state index in [9.17, 15) is 0 Å². The molecule has 0 aliphatic carbocycles. The molecule has 60 valence electrons. The summed E-state index contributed by atoms with van der Waals surface area (Å²) in [6, 6.07) is 0. The molecular formula is C7H15ClOSi. The highest BCUT2D eigenvalue weighted by molar-refractivity contribution is 6.76. The summed E-state index contributed by atoms with van der Waals surface area (Å²) in [5, 5.41) is 0. The fourth-order valence-electron chi connectivity index (χ4n) is 0.598. The summed E-state index contributed by atoms with van der Waals surface area (Å²) in [6.45, 7) is 9.89. The van der Waals surface area contributed by atoms with Gasteiger partial charge in [-0.25, -0.2) is 0 Å². The van der Waals surface area contributed by atoms with Crippen LogP contribution in [0.25, 0.3) is 0 Å². The van der Waals surface area contributed by atoms with Crippen molar-refractivity contribution < 1.29 is 4.43 Å². The Balaban J connectivity index is 3.75. The predicted molar refractivity (Wildman–Crippen MR) is 48.9 cm³/mol. The van der Waals surface area contributed by atoms with Gasteiger partial charge in [-0.15, -0.1) is 18.2 Å². The van der Waals surface area contributed by atoms with Crippen molar-refractivity contribution in [1.82, 2.24) is 0 Å². The van der Waals surface area contributed by atoms with Gasteiger partial charge in [-0.2, -0.15) is 0 Å². The zero-order valence-corrected chi connectivity index (χ0v) is 8.61. The molecule has 3 heteroatoms. The van der Waals surface area contributed by atoms with Gasteiger partial charge in [-0.05, 0) is 20.0 Å². The fourth-order valence-corrected chi connectivity index (χ4v) is 1.98. The van der Waals surface area contributed by atoms with Gasteiger partial charge in [0, 0.05) is 5.88 Å². The predicted octanol–water partition coefficient (Wildman–Crippen LogP) is 2.56. The molecule has 0 aromatic heterocycles. The summed E-state index contributed by atoms with van der Waals surface area (Å²) in [5.41, 5.74) is 1.91. The Labute approximate surface area is 69.2 Å². The molecule has 1 unspecified atom stereocenters. The minimum atomic E-state index is -1.58. The molecule has 0 fully saturated rings. The van der Waals surface area contributed by atoms with E-state index >= 15 is 0 Å².